The normalized spacial score (nSPS) is 11.5. The van der Waals surface area contributed by atoms with Crippen LogP contribution in [0.15, 0.2) is 54.6 Å². The third-order valence-corrected chi connectivity index (χ3v) is 5.58. The van der Waals surface area contributed by atoms with Crippen molar-refractivity contribution in [2.75, 3.05) is 0 Å². The molecule has 0 radical (unpaired) electrons. The van der Waals surface area contributed by atoms with Crippen molar-refractivity contribution < 1.29 is 9.18 Å². The van der Waals surface area contributed by atoms with Crippen LogP contribution in [0, 0.1) is 5.82 Å². The fourth-order valence-corrected chi connectivity index (χ4v) is 3.82. The number of aromatic nitrogens is 1. The highest BCUT2D eigenvalue weighted by molar-refractivity contribution is 6.30. The van der Waals surface area contributed by atoms with Crippen LogP contribution in [-0.4, -0.2) is 10.5 Å². The number of rotatable bonds is 7. The molecule has 0 aliphatic rings. The molecule has 0 saturated carbocycles. The number of benzene rings is 2. The van der Waals surface area contributed by atoms with Crippen molar-refractivity contribution in [2.45, 2.75) is 59.0 Å². The Morgan fingerprint density at radius 3 is 2.29 bits per heavy atom. The highest BCUT2D eigenvalue weighted by atomic mass is 35.5. The van der Waals surface area contributed by atoms with E-state index in [-0.39, 0.29) is 17.1 Å². The van der Waals surface area contributed by atoms with Gasteiger partial charge in [0, 0.05) is 29.2 Å². The lowest BCUT2D eigenvalue weighted by molar-refractivity contribution is 0.0951. The van der Waals surface area contributed by atoms with Gasteiger partial charge in [0.2, 0.25) is 0 Å². The van der Waals surface area contributed by atoms with E-state index in [9.17, 15) is 9.18 Å². The van der Waals surface area contributed by atoms with Gasteiger partial charge in [-0.05, 0) is 47.9 Å². The average Bonchev–Trinajstić information content (AvgIpc) is 3.12. The van der Waals surface area contributed by atoms with Crippen LogP contribution < -0.4 is 5.32 Å². The summed E-state index contributed by atoms with van der Waals surface area (Å²) >= 11 is 6.12. The molecule has 31 heavy (non-hydrogen) atoms. The van der Waals surface area contributed by atoms with E-state index in [0.29, 0.717) is 17.1 Å². The smallest absolute Gasteiger partial charge is 0.253 e. The maximum absolute atomic E-state index is 13.3. The van der Waals surface area contributed by atoms with Gasteiger partial charge in [0.1, 0.15) is 5.82 Å². The number of halogens is 2. The Morgan fingerprint density at radius 2 is 1.71 bits per heavy atom. The summed E-state index contributed by atoms with van der Waals surface area (Å²) in [5, 5.41) is 3.66. The van der Waals surface area contributed by atoms with Crippen LogP contribution in [0.1, 0.15) is 62.2 Å². The molecule has 2 aromatic carbocycles. The Morgan fingerprint density at radius 1 is 1.06 bits per heavy atom. The molecule has 5 heteroatoms. The summed E-state index contributed by atoms with van der Waals surface area (Å²) in [6.07, 6.45) is 2.09. The molecule has 0 atom stereocenters. The monoisotopic (exact) mass is 440 g/mol. The Kier molecular flexibility index (Phi) is 7.22. The van der Waals surface area contributed by atoms with E-state index < -0.39 is 0 Å². The quantitative estimate of drug-likeness (QED) is 0.422. The summed E-state index contributed by atoms with van der Waals surface area (Å²) in [6.45, 7) is 9.83. The fraction of sp³-hybridized carbons (Fsp3) is 0.346. The molecule has 3 rings (SSSR count). The van der Waals surface area contributed by atoms with Crippen molar-refractivity contribution >= 4 is 17.5 Å². The first-order valence-electron chi connectivity index (χ1n) is 10.7. The molecular weight excluding hydrogens is 411 g/mol. The fourth-order valence-electron chi connectivity index (χ4n) is 3.69. The minimum Gasteiger partial charge on any atom is -0.348 e. The van der Waals surface area contributed by atoms with Crippen LogP contribution in [0.4, 0.5) is 4.39 Å². The maximum Gasteiger partial charge on any atom is 0.253 e. The molecule has 164 valence electrons. The molecule has 1 amide bonds. The highest BCUT2D eigenvalue weighted by Crippen LogP contribution is 2.34. The third kappa shape index (κ3) is 5.56. The van der Waals surface area contributed by atoms with Crippen molar-refractivity contribution in [1.29, 1.82) is 0 Å². The van der Waals surface area contributed by atoms with Gasteiger partial charge in [0.15, 0.2) is 0 Å². The number of hydrogen-bond acceptors (Lipinski definition) is 1. The van der Waals surface area contributed by atoms with Crippen LogP contribution >= 0.6 is 11.6 Å². The second kappa shape index (κ2) is 9.69. The van der Waals surface area contributed by atoms with Gasteiger partial charge < -0.3 is 9.88 Å². The number of nitrogens with zero attached hydrogens (tertiary/aromatic N) is 1. The molecule has 0 aliphatic carbocycles. The highest BCUT2D eigenvalue weighted by Gasteiger charge is 2.27. The SMILES string of the molecule is CCCCn1c(C(C)(C)C)cc(C(=O)NCc2ccc(F)cc2)c1-c1ccc(Cl)cc1. The van der Waals surface area contributed by atoms with E-state index in [4.69, 9.17) is 11.6 Å². The minimum absolute atomic E-state index is 0.121. The average molecular weight is 441 g/mol. The number of nitrogens with one attached hydrogen (secondary N) is 1. The Labute approximate surface area is 189 Å². The Balaban J connectivity index is 2.04. The van der Waals surface area contributed by atoms with Crippen molar-refractivity contribution in [1.82, 2.24) is 9.88 Å². The molecule has 0 spiro atoms. The van der Waals surface area contributed by atoms with E-state index in [2.05, 4.69) is 37.6 Å². The summed E-state index contributed by atoms with van der Waals surface area (Å²) in [5.74, 6) is -0.432. The van der Waals surface area contributed by atoms with Crippen LogP contribution in [0.2, 0.25) is 5.02 Å². The number of hydrogen-bond donors (Lipinski definition) is 1. The first kappa shape index (κ1) is 23.1. The van der Waals surface area contributed by atoms with Crippen LogP contribution in [0.25, 0.3) is 11.3 Å². The van der Waals surface area contributed by atoms with E-state index >= 15 is 0 Å². The number of unbranched alkanes of at least 4 members (excludes halogenated alkanes) is 1. The lowest BCUT2D eigenvalue weighted by atomic mass is 9.91. The predicted octanol–water partition coefficient (Wildman–Crippen LogP) is 6.98. The minimum atomic E-state index is -0.289. The largest absolute Gasteiger partial charge is 0.348 e. The van der Waals surface area contributed by atoms with Gasteiger partial charge in [-0.1, -0.05) is 70.0 Å². The second-order valence-electron chi connectivity index (χ2n) is 8.86. The lowest BCUT2D eigenvalue weighted by Gasteiger charge is -2.23. The Bertz CT molecular complexity index is 1030. The summed E-state index contributed by atoms with van der Waals surface area (Å²) in [7, 11) is 0. The molecule has 1 N–H and O–H groups in total. The lowest BCUT2D eigenvalue weighted by Crippen LogP contribution is -2.23. The van der Waals surface area contributed by atoms with Crippen molar-refractivity contribution in [3.8, 4) is 11.3 Å². The topological polar surface area (TPSA) is 34.0 Å². The molecule has 0 unspecified atom stereocenters. The second-order valence-corrected chi connectivity index (χ2v) is 9.30. The van der Waals surface area contributed by atoms with Gasteiger partial charge in [-0.25, -0.2) is 4.39 Å². The van der Waals surface area contributed by atoms with Crippen LogP contribution in [0.5, 0.6) is 0 Å². The van der Waals surface area contributed by atoms with Gasteiger partial charge in [0.05, 0.1) is 11.3 Å². The van der Waals surface area contributed by atoms with Gasteiger partial charge in [-0.2, -0.15) is 0 Å². The molecule has 0 saturated heterocycles. The molecule has 0 bridgehead atoms. The van der Waals surface area contributed by atoms with Gasteiger partial charge in [-0.3, -0.25) is 4.79 Å². The maximum atomic E-state index is 13.3. The molecule has 0 fully saturated rings. The molecule has 1 heterocycles. The zero-order valence-corrected chi connectivity index (χ0v) is 19.4. The zero-order valence-electron chi connectivity index (χ0n) is 18.6. The molecule has 1 aromatic heterocycles. The summed E-state index contributed by atoms with van der Waals surface area (Å²) in [4.78, 5) is 13.3. The zero-order chi connectivity index (χ0) is 22.6. The van der Waals surface area contributed by atoms with E-state index in [1.54, 1.807) is 12.1 Å². The Hall–Kier alpha value is -2.59. The van der Waals surface area contributed by atoms with Crippen molar-refractivity contribution in [3.63, 3.8) is 0 Å². The number of amides is 1. The molecule has 3 nitrogen and oxygen atoms in total. The molecule has 3 aromatic rings. The van der Waals surface area contributed by atoms with E-state index in [1.165, 1.54) is 12.1 Å². The van der Waals surface area contributed by atoms with Crippen LogP contribution in [0.3, 0.4) is 0 Å². The number of carbonyl (C=O) groups is 1. The first-order valence-corrected chi connectivity index (χ1v) is 11.1. The molecular formula is C26H30ClFN2O. The van der Waals surface area contributed by atoms with Crippen molar-refractivity contribution in [3.05, 3.63) is 82.3 Å². The van der Waals surface area contributed by atoms with Gasteiger partial charge in [-0.15, -0.1) is 0 Å². The first-order chi connectivity index (χ1) is 14.7. The predicted molar refractivity (Wildman–Crippen MR) is 126 cm³/mol. The number of carbonyl (C=O) groups excluding carboxylic acids is 1. The third-order valence-electron chi connectivity index (χ3n) is 5.33. The standard InChI is InChI=1S/C26H30ClFN2O/c1-5-6-15-30-23(26(2,3)4)16-22(24(30)19-9-11-20(27)12-10-19)25(31)29-17-18-7-13-21(28)14-8-18/h7-14,16H,5-6,15,17H2,1-4H3,(H,29,31). The van der Waals surface area contributed by atoms with Gasteiger partial charge in [0.25, 0.3) is 5.91 Å². The van der Waals surface area contributed by atoms with Crippen molar-refractivity contribution in [2.24, 2.45) is 0 Å². The van der Waals surface area contributed by atoms with E-state index in [0.717, 1.165) is 41.9 Å². The van der Waals surface area contributed by atoms with E-state index in [1.807, 2.05) is 30.3 Å². The molecule has 0 aliphatic heterocycles. The van der Waals surface area contributed by atoms with Gasteiger partial charge >= 0.3 is 0 Å². The summed E-state index contributed by atoms with van der Waals surface area (Å²) < 4.78 is 15.5. The summed E-state index contributed by atoms with van der Waals surface area (Å²) in [5.41, 5.74) is 4.37. The summed E-state index contributed by atoms with van der Waals surface area (Å²) in [6, 6.07) is 15.8. The van der Waals surface area contributed by atoms with Crippen LogP contribution in [-0.2, 0) is 18.5 Å².